The lowest BCUT2D eigenvalue weighted by atomic mass is 10.2. The van der Waals surface area contributed by atoms with Crippen molar-refractivity contribution in [3.63, 3.8) is 0 Å². The van der Waals surface area contributed by atoms with Gasteiger partial charge < -0.3 is 9.47 Å². The number of benzene rings is 3. The molecule has 3 aromatic rings. The van der Waals surface area contributed by atoms with Crippen molar-refractivity contribution < 1.29 is 26.9 Å². The summed E-state index contributed by atoms with van der Waals surface area (Å²) in [5, 5.41) is 0.520. The minimum absolute atomic E-state index is 0.0684. The van der Waals surface area contributed by atoms with Crippen molar-refractivity contribution in [1.82, 2.24) is 0 Å². The molecule has 32 heavy (non-hydrogen) atoms. The molecule has 0 aliphatic rings. The molecule has 1 N–H and O–H groups in total. The van der Waals surface area contributed by atoms with Crippen LogP contribution in [-0.2, 0) is 11.0 Å². The monoisotopic (exact) mass is 587 g/mol. The Balaban J connectivity index is 1.90. The number of hydrogen-bond acceptors (Lipinski definition) is 3. The van der Waals surface area contributed by atoms with Gasteiger partial charge in [0.05, 0.1) is 25.7 Å². The Labute approximate surface area is 207 Å². The smallest absolute Gasteiger partial charge is 0.453 e. The summed E-state index contributed by atoms with van der Waals surface area (Å²) in [6, 6.07) is 11.6. The Morgan fingerprint density at radius 2 is 1.72 bits per heavy atom. The SMILES string of the molecule is Cc1c(S(=O)Nc2cc(OC(F)(F)F)ccc2Br)cc(Cl)c(Oc2ccccc2Cl)c1Cl. The van der Waals surface area contributed by atoms with Gasteiger partial charge in [0.25, 0.3) is 0 Å². The molecule has 3 rings (SSSR count). The van der Waals surface area contributed by atoms with Gasteiger partial charge in [-0.15, -0.1) is 13.2 Å². The second kappa shape index (κ2) is 10.1. The van der Waals surface area contributed by atoms with E-state index >= 15 is 0 Å². The van der Waals surface area contributed by atoms with Gasteiger partial charge >= 0.3 is 6.36 Å². The number of halogens is 7. The van der Waals surface area contributed by atoms with Crippen LogP contribution in [0.15, 0.2) is 57.9 Å². The lowest BCUT2D eigenvalue weighted by Gasteiger charge is -2.16. The molecule has 0 aliphatic carbocycles. The topological polar surface area (TPSA) is 47.6 Å². The number of nitrogens with one attached hydrogen (secondary N) is 1. The molecule has 3 aromatic carbocycles. The van der Waals surface area contributed by atoms with Crippen LogP contribution in [0.3, 0.4) is 0 Å². The van der Waals surface area contributed by atoms with Gasteiger partial charge in [-0.2, -0.15) is 0 Å². The van der Waals surface area contributed by atoms with Gasteiger partial charge in [0.1, 0.15) is 11.5 Å². The van der Waals surface area contributed by atoms with E-state index in [1.165, 1.54) is 12.1 Å². The lowest BCUT2D eigenvalue weighted by molar-refractivity contribution is -0.274. The quantitative estimate of drug-likeness (QED) is 0.314. The van der Waals surface area contributed by atoms with Crippen LogP contribution >= 0.6 is 50.7 Å². The number of anilines is 1. The van der Waals surface area contributed by atoms with Gasteiger partial charge in [0.15, 0.2) is 16.7 Å². The first-order valence-corrected chi connectivity index (χ1v) is 11.7. The molecule has 170 valence electrons. The molecule has 1 unspecified atom stereocenters. The van der Waals surface area contributed by atoms with E-state index in [4.69, 9.17) is 39.5 Å². The van der Waals surface area contributed by atoms with Crippen molar-refractivity contribution in [3.05, 3.63) is 73.6 Å². The Hall–Kier alpha value is -1.65. The molecule has 0 fully saturated rings. The molecule has 0 aromatic heterocycles. The van der Waals surface area contributed by atoms with Gasteiger partial charge in [0, 0.05) is 10.5 Å². The second-order valence-electron chi connectivity index (χ2n) is 6.22. The van der Waals surface area contributed by atoms with Crippen LogP contribution in [0, 0.1) is 6.92 Å². The highest BCUT2D eigenvalue weighted by molar-refractivity contribution is 9.10. The van der Waals surface area contributed by atoms with E-state index in [2.05, 4.69) is 25.4 Å². The summed E-state index contributed by atoms with van der Waals surface area (Å²) in [7, 11) is -1.93. The van der Waals surface area contributed by atoms with E-state index in [1.807, 2.05) is 0 Å². The molecule has 0 spiro atoms. The van der Waals surface area contributed by atoms with Gasteiger partial charge in [-0.1, -0.05) is 46.9 Å². The van der Waals surface area contributed by atoms with E-state index in [9.17, 15) is 17.4 Å². The molecule has 0 saturated heterocycles. The van der Waals surface area contributed by atoms with Crippen molar-refractivity contribution >= 4 is 67.4 Å². The zero-order valence-electron chi connectivity index (χ0n) is 15.9. The summed E-state index contributed by atoms with van der Waals surface area (Å²) in [6.45, 7) is 1.60. The van der Waals surface area contributed by atoms with Crippen molar-refractivity contribution in [2.75, 3.05) is 4.72 Å². The van der Waals surface area contributed by atoms with E-state index in [-0.39, 0.29) is 26.4 Å². The Bertz CT molecular complexity index is 1190. The average molecular weight is 590 g/mol. The van der Waals surface area contributed by atoms with Crippen LogP contribution in [-0.4, -0.2) is 10.6 Å². The molecule has 0 bridgehead atoms. The third-order valence-corrected chi connectivity index (χ3v) is 6.96. The van der Waals surface area contributed by atoms with E-state index in [0.717, 1.165) is 12.1 Å². The van der Waals surface area contributed by atoms with Crippen LogP contribution in [0.1, 0.15) is 5.56 Å². The predicted octanol–water partition coefficient (Wildman–Crippen LogP) is 8.54. The maximum absolute atomic E-state index is 12.9. The summed E-state index contributed by atoms with van der Waals surface area (Å²) in [4.78, 5) is 0.209. The maximum atomic E-state index is 12.9. The molecule has 1 atom stereocenters. The lowest BCUT2D eigenvalue weighted by Crippen LogP contribution is -2.17. The molecule has 0 heterocycles. The van der Waals surface area contributed by atoms with Gasteiger partial charge in [0.2, 0.25) is 0 Å². The summed E-state index contributed by atoms with van der Waals surface area (Å²) in [5.74, 6) is -0.0207. The first-order valence-electron chi connectivity index (χ1n) is 8.61. The molecule has 4 nitrogen and oxygen atoms in total. The Kier molecular flexibility index (Phi) is 7.88. The van der Waals surface area contributed by atoms with Crippen molar-refractivity contribution in [3.8, 4) is 17.2 Å². The second-order valence-corrected chi connectivity index (χ2v) is 9.45. The van der Waals surface area contributed by atoms with Gasteiger partial charge in [-0.05, 0) is 58.7 Å². The van der Waals surface area contributed by atoms with Crippen LogP contribution in [0.5, 0.6) is 17.2 Å². The van der Waals surface area contributed by atoms with Crippen molar-refractivity contribution in [2.45, 2.75) is 18.2 Å². The molecular formula is C20H12BrCl3F3NO3S. The largest absolute Gasteiger partial charge is 0.573 e. The van der Waals surface area contributed by atoms with Gasteiger partial charge in [-0.25, -0.2) is 4.21 Å². The fourth-order valence-corrected chi connectivity index (χ4v) is 4.92. The van der Waals surface area contributed by atoms with Crippen LogP contribution < -0.4 is 14.2 Å². The zero-order valence-corrected chi connectivity index (χ0v) is 20.6. The minimum Gasteiger partial charge on any atom is -0.453 e. The van der Waals surface area contributed by atoms with Crippen molar-refractivity contribution in [1.29, 1.82) is 0 Å². The first kappa shape index (κ1) is 25.0. The van der Waals surface area contributed by atoms with Gasteiger partial charge in [-0.3, -0.25) is 4.72 Å². The van der Waals surface area contributed by atoms with Crippen molar-refractivity contribution in [2.24, 2.45) is 0 Å². The number of alkyl halides is 3. The van der Waals surface area contributed by atoms with Crippen LogP contribution in [0.4, 0.5) is 18.9 Å². The highest BCUT2D eigenvalue weighted by Gasteiger charge is 2.31. The van der Waals surface area contributed by atoms with E-state index < -0.39 is 23.1 Å². The first-order chi connectivity index (χ1) is 15.0. The Morgan fingerprint density at radius 1 is 1.03 bits per heavy atom. The normalized spacial score (nSPS) is 12.4. The number of para-hydroxylation sites is 1. The molecule has 0 radical (unpaired) electrons. The Morgan fingerprint density at radius 3 is 2.38 bits per heavy atom. The van der Waals surface area contributed by atoms with Crippen LogP contribution in [0.25, 0.3) is 0 Å². The molecular weight excluding hydrogens is 578 g/mol. The minimum atomic E-state index is -4.86. The number of hydrogen-bond donors (Lipinski definition) is 1. The summed E-state index contributed by atoms with van der Waals surface area (Å²) in [6.07, 6.45) is -4.86. The van der Waals surface area contributed by atoms with Crippen LogP contribution in [0.2, 0.25) is 15.1 Å². The molecule has 0 saturated carbocycles. The molecule has 0 aliphatic heterocycles. The summed E-state index contributed by atoms with van der Waals surface area (Å²) in [5.41, 5.74) is 0.496. The third-order valence-electron chi connectivity index (χ3n) is 4.00. The number of rotatable bonds is 6. The van der Waals surface area contributed by atoms with E-state index in [1.54, 1.807) is 31.2 Å². The number of ether oxygens (including phenoxy) is 2. The zero-order chi connectivity index (χ0) is 23.6. The summed E-state index contributed by atoms with van der Waals surface area (Å²) < 4.78 is 63.1. The fraction of sp³-hybridized carbons (Fsp3) is 0.100. The molecule has 0 amide bonds. The fourth-order valence-electron chi connectivity index (χ4n) is 2.53. The standard InChI is InChI=1S/C20H12BrCl3F3NO3S/c1-10-17(9-14(23)19(18(10)24)30-16-5-3-2-4-13(16)22)32(29)28-15-8-11(6-7-12(15)21)31-20(25,26)27/h2-9,28H,1H3. The predicted molar refractivity (Wildman–Crippen MR) is 124 cm³/mol. The summed E-state index contributed by atoms with van der Waals surface area (Å²) >= 11 is 22.0. The maximum Gasteiger partial charge on any atom is 0.573 e. The highest BCUT2D eigenvalue weighted by Crippen LogP contribution is 2.42. The average Bonchev–Trinajstić information content (AvgIpc) is 2.70. The van der Waals surface area contributed by atoms with E-state index in [0.29, 0.717) is 20.8 Å². The third kappa shape index (κ3) is 6.02. The highest BCUT2D eigenvalue weighted by atomic mass is 79.9. The molecule has 12 heteroatoms.